The van der Waals surface area contributed by atoms with Crippen LogP contribution in [0.4, 0.5) is 11.5 Å². The van der Waals surface area contributed by atoms with Gasteiger partial charge in [-0.15, -0.1) is 0 Å². The van der Waals surface area contributed by atoms with E-state index < -0.39 is 5.54 Å². The number of aromatic amines is 1. The Morgan fingerprint density at radius 3 is 2.73 bits per heavy atom. The topological polar surface area (TPSA) is 126 Å². The Labute approximate surface area is 190 Å². The number of hydrogen-bond acceptors (Lipinski definition) is 6. The summed E-state index contributed by atoms with van der Waals surface area (Å²) in [5, 5.41) is 11.3. The maximum absolute atomic E-state index is 13.3. The molecular formula is C23H24N8O2. The molecule has 3 aromatic heterocycles. The van der Waals surface area contributed by atoms with Gasteiger partial charge in [0.05, 0.1) is 11.9 Å². The lowest BCUT2D eigenvalue weighted by atomic mass is 9.96. The Morgan fingerprint density at radius 2 is 2.00 bits per heavy atom. The molecular weight excluding hydrogens is 420 g/mol. The SMILES string of the molecule is CC(=O)N1CCN(c2cccc(-c3cc(-c4cn[nH]c4)c4c(N)ncnn34)c2)C(=O)C1(C)C. The number of nitrogen functional groups attached to an aromatic ring is 1. The summed E-state index contributed by atoms with van der Waals surface area (Å²) < 4.78 is 1.75. The van der Waals surface area contributed by atoms with Crippen LogP contribution < -0.4 is 10.6 Å². The van der Waals surface area contributed by atoms with E-state index >= 15 is 0 Å². The minimum absolute atomic E-state index is 0.106. The zero-order valence-corrected chi connectivity index (χ0v) is 18.6. The Balaban J connectivity index is 1.60. The molecule has 33 heavy (non-hydrogen) atoms. The Hall–Kier alpha value is -4.21. The Morgan fingerprint density at radius 1 is 1.18 bits per heavy atom. The fourth-order valence-corrected chi connectivity index (χ4v) is 4.55. The number of fused-ring (bicyclic) bond motifs is 1. The van der Waals surface area contributed by atoms with Gasteiger partial charge in [0.1, 0.15) is 17.4 Å². The molecule has 1 aliphatic rings. The smallest absolute Gasteiger partial charge is 0.252 e. The average Bonchev–Trinajstić information content (AvgIpc) is 3.44. The second-order valence-electron chi connectivity index (χ2n) is 8.57. The van der Waals surface area contributed by atoms with E-state index in [1.54, 1.807) is 40.6 Å². The molecule has 1 aliphatic heterocycles. The van der Waals surface area contributed by atoms with Crippen LogP contribution in [0.1, 0.15) is 20.8 Å². The van der Waals surface area contributed by atoms with Crippen molar-refractivity contribution in [2.45, 2.75) is 26.3 Å². The highest BCUT2D eigenvalue weighted by atomic mass is 16.2. The molecule has 1 fully saturated rings. The molecule has 0 atom stereocenters. The number of nitrogens with zero attached hydrogens (tertiary/aromatic N) is 6. The molecule has 0 radical (unpaired) electrons. The molecule has 0 unspecified atom stereocenters. The Bertz CT molecular complexity index is 1370. The second-order valence-corrected chi connectivity index (χ2v) is 8.57. The van der Waals surface area contributed by atoms with Crippen LogP contribution in [0.5, 0.6) is 0 Å². The molecule has 168 valence electrons. The maximum Gasteiger partial charge on any atom is 0.252 e. The van der Waals surface area contributed by atoms with Crippen LogP contribution in [-0.2, 0) is 9.59 Å². The van der Waals surface area contributed by atoms with Crippen molar-refractivity contribution in [3.8, 4) is 22.4 Å². The van der Waals surface area contributed by atoms with Crippen molar-refractivity contribution in [1.82, 2.24) is 29.7 Å². The number of amides is 2. The lowest BCUT2D eigenvalue weighted by Gasteiger charge is -2.45. The van der Waals surface area contributed by atoms with Crippen LogP contribution in [0, 0.1) is 0 Å². The number of nitrogens with one attached hydrogen (secondary N) is 1. The molecule has 0 aliphatic carbocycles. The van der Waals surface area contributed by atoms with Crippen LogP contribution in [0.3, 0.4) is 0 Å². The number of aromatic nitrogens is 5. The van der Waals surface area contributed by atoms with Crippen LogP contribution in [0.15, 0.2) is 49.1 Å². The van der Waals surface area contributed by atoms with Crippen molar-refractivity contribution < 1.29 is 9.59 Å². The summed E-state index contributed by atoms with van der Waals surface area (Å²) in [6.45, 7) is 5.96. The number of H-pyrrole nitrogens is 1. The quantitative estimate of drug-likeness (QED) is 0.500. The van der Waals surface area contributed by atoms with E-state index in [-0.39, 0.29) is 11.8 Å². The third kappa shape index (κ3) is 3.22. The number of piperazine rings is 1. The first-order valence-electron chi connectivity index (χ1n) is 10.6. The zero-order valence-electron chi connectivity index (χ0n) is 18.6. The molecule has 10 nitrogen and oxygen atoms in total. The van der Waals surface area contributed by atoms with Crippen molar-refractivity contribution in [3.63, 3.8) is 0 Å². The monoisotopic (exact) mass is 444 g/mol. The molecule has 0 saturated carbocycles. The van der Waals surface area contributed by atoms with Gasteiger partial charge in [0.15, 0.2) is 5.82 Å². The summed E-state index contributed by atoms with van der Waals surface area (Å²) >= 11 is 0. The van der Waals surface area contributed by atoms with Crippen molar-refractivity contribution in [2.75, 3.05) is 23.7 Å². The summed E-state index contributed by atoms with van der Waals surface area (Å²) in [7, 11) is 0. The van der Waals surface area contributed by atoms with Gasteiger partial charge in [0.25, 0.3) is 5.91 Å². The minimum atomic E-state index is -0.919. The molecule has 3 N–H and O–H groups in total. The highest BCUT2D eigenvalue weighted by molar-refractivity contribution is 6.03. The normalized spacial score (nSPS) is 15.9. The average molecular weight is 444 g/mol. The molecule has 1 aromatic carbocycles. The van der Waals surface area contributed by atoms with E-state index in [1.165, 1.54) is 13.3 Å². The van der Waals surface area contributed by atoms with Gasteiger partial charge in [-0.3, -0.25) is 14.7 Å². The highest BCUT2D eigenvalue weighted by Crippen LogP contribution is 2.36. The molecule has 10 heteroatoms. The number of nitrogens with two attached hydrogens (primary N) is 1. The van der Waals surface area contributed by atoms with Crippen LogP contribution in [0.2, 0.25) is 0 Å². The number of anilines is 2. The second kappa shape index (κ2) is 7.44. The summed E-state index contributed by atoms with van der Waals surface area (Å²) in [6, 6.07) is 9.71. The van der Waals surface area contributed by atoms with Crippen molar-refractivity contribution >= 4 is 28.8 Å². The molecule has 4 aromatic rings. The van der Waals surface area contributed by atoms with Gasteiger partial charge in [-0.2, -0.15) is 10.2 Å². The summed E-state index contributed by atoms with van der Waals surface area (Å²) in [5.41, 5.74) is 10.1. The summed E-state index contributed by atoms with van der Waals surface area (Å²) in [5.74, 6) is 0.137. The predicted octanol–water partition coefficient (Wildman–Crippen LogP) is 2.34. The van der Waals surface area contributed by atoms with Gasteiger partial charge < -0.3 is 15.5 Å². The first-order valence-corrected chi connectivity index (χ1v) is 10.6. The van der Waals surface area contributed by atoms with E-state index in [0.29, 0.717) is 24.4 Å². The third-order valence-electron chi connectivity index (χ3n) is 6.22. The zero-order chi connectivity index (χ0) is 23.3. The minimum Gasteiger partial charge on any atom is -0.382 e. The molecule has 1 saturated heterocycles. The lowest BCUT2D eigenvalue weighted by molar-refractivity contribution is -0.145. The highest BCUT2D eigenvalue weighted by Gasteiger charge is 2.43. The fourth-order valence-electron chi connectivity index (χ4n) is 4.55. The Kier molecular flexibility index (Phi) is 4.66. The van der Waals surface area contributed by atoms with Crippen LogP contribution >= 0.6 is 0 Å². The van der Waals surface area contributed by atoms with E-state index in [4.69, 9.17) is 5.73 Å². The van der Waals surface area contributed by atoms with E-state index in [2.05, 4.69) is 20.3 Å². The van der Waals surface area contributed by atoms with E-state index in [1.807, 2.05) is 30.3 Å². The maximum atomic E-state index is 13.3. The summed E-state index contributed by atoms with van der Waals surface area (Å²) in [4.78, 5) is 32.8. The first-order chi connectivity index (χ1) is 15.8. The first kappa shape index (κ1) is 20.7. The number of carbonyl (C=O) groups is 2. The van der Waals surface area contributed by atoms with Gasteiger partial charge in [-0.25, -0.2) is 9.50 Å². The van der Waals surface area contributed by atoms with Crippen LogP contribution in [0.25, 0.3) is 27.9 Å². The molecule has 5 rings (SSSR count). The van der Waals surface area contributed by atoms with Crippen molar-refractivity contribution in [2.24, 2.45) is 0 Å². The van der Waals surface area contributed by atoms with E-state index in [0.717, 1.165) is 28.1 Å². The molecule has 2 amide bonds. The molecule has 4 heterocycles. The fraction of sp³-hybridized carbons (Fsp3) is 0.261. The van der Waals surface area contributed by atoms with Gasteiger partial charge in [0.2, 0.25) is 5.91 Å². The summed E-state index contributed by atoms with van der Waals surface area (Å²) in [6.07, 6.45) is 4.93. The van der Waals surface area contributed by atoms with Gasteiger partial charge in [-0.05, 0) is 32.0 Å². The third-order valence-corrected chi connectivity index (χ3v) is 6.22. The number of benzene rings is 1. The van der Waals surface area contributed by atoms with Crippen LogP contribution in [-0.4, -0.2) is 60.1 Å². The predicted molar refractivity (Wildman–Crippen MR) is 124 cm³/mol. The van der Waals surface area contributed by atoms with Crippen molar-refractivity contribution in [1.29, 1.82) is 0 Å². The largest absolute Gasteiger partial charge is 0.382 e. The number of carbonyl (C=O) groups excluding carboxylic acids is 2. The van der Waals surface area contributed by atoms with E-state index in [9.17, 15) is 9.59 Å². The van der Waals surface area contributed by atoms with Gasteiger partial charge >= 0.3 is 0 Å². The lowest BCUT2D eigenvalue weighted by Crippen LogP contribution is -2.64. The standard InChI is InChI=1S/C23H24N8O2/c1-14(32)30-8-7-29(22(33)23(30,2)3)17-6-4-5-15(9-17)19-10-18(16-11-26-27-12-16)20-21(24)25-13-28-31(19)20/h4-6,9-13H,7-8H2,1-3H3,(H,26,27)(H2,24,25,28). The van der Waals surface area contributed by atoms with Crippen molar-refractivity contribution in [3.05, 3.63) is 49.1 Å². The number of rotatable bonds is 3. The molecule has 0 spiro atoms. The van der Waals surface area contributed by atoms with Gasteiger partial charge in [0, 0.05) is 48.6 Å². The number of hydrogen-bond donors (Lipinski definition) is 2. The molecule has 0 bridgehead atoms. The van der Waals surface area contributed by atoms with Gasteiger partial charge in [-0.1, -0.05) is 12.1 Å².